The minimum Gasteiger partial charge on any atom is -0.437 e. The summed E-state index contributed by atoms with van der Waals surface area (Å²) in [6.45, 7) is 6.37. The van der Waals surface area contributed by atoms with E-state index in [9.17, 15) is 0 Å². The van der Waals surface area contributed by atoms with Crippen molar-refractivity contribution in [1.29, 1.82) is 0 Å². The second-order valence-electron chi connectivity index (χ2n) is 9.98. The number of furan rings is 1. The van der Waals surface area contributed by atoms with Crippen molar-refractivity contribution >= 4 is 33.1 Å². The van der Waals surface area contributed by atoms with Crippen LogP contribution in [0.15, 0.2) is 102 Å². The highest BCUT2D eigenvalue weighted by Crippen LogP contribution is 2.38. The van der Waals surface area contributed by atoms with Gasteiger partial charge in [-0.3, -0.25) is 9.55 Å². The Kier molecular flexibility index (Phi) is 5.11. The number of imidazole rings is 1. The van der Waals surface area contributed by atoms with Crippen molar-refractivity contribution in [2.24, 2.45) is 0 Å². The molecule has 5 nitrogen and oxygen atoms in total. The van der Waals surface area contributed by atoms with Gasteiger partial charge in [-0.1, -0.05) is 80.6 Å². The number of para-hydroxylation sites is 2. The zero-order valence-electron chi connectivity index (χ0n) is 21.5. The number of nitrogens with zero attached hydrogens (tertiary/aromatic N) is 4. The summed E-state index contributed by atoms with van der Waals surface area (Å²) in [4.78, 5) is 14.4. The molecule has 0 radical (unpaired) electrons. The first-order valence-corrected chi connectivity index (χ1v) is 12.9. The van der Waals surface area contributed by atoms with Gasteiger partial charge < -0.3 is 4.42 Å². The lowest BCUT2D eigenvalue weighted by Crippen LogP contribution is -2.00. The summed E-state index contributed by atoms with van der Waals surface area (Å²) in [5.74, 6) is 1.18. The van der Waals surface area contributed by atoms with Crippen LogP contribution in [-0.2, 0) is 0 Å². The fourth-order valence-corrected chi connectivity index (χ4v) is 5.38. The lowest BCUT2D eigenvalue weighted by molar-refractivity contribution is 0.643. The van der Waals surface area contributed by atoms with Crippen molar-refractivity contribution in [3.8, 4) is 28.2 Å². The van der Waals surface area contributed by atoms with Crippen LogP contribution >= 0.6 is 0 Å². The Bertz CT molecular complexity index is 1960. The Morgan fingerprint density at radius 1 is 0.789 bits per heavy atom. The van der Waals surface area contributed by atoms with Crippen LogP contribution in [0.25, 0.3) is 61.3 Å². The van der Waals surface area contributed by atoms with Crippen LogP contribution in [0.3, 0.4) is 0 Å². The first kappa shape index (κ1) is 22.4. The van der Waals surface area contributed by atoms with Crippen molar-refractivity contribution in [3.63, 3.8) is 0 Å². The monoisotopic (exact) mass is 494 g/mol. The molecule has 0 N–H and O–H groups in total. The van der Waals surface area contributed by atoms with Gasteiger partial charge in [-0.05, 0) is 42.2 Å². The van der Waals surface area contributed by atoms with E-state index in [0.29, 0.717) is 11.6 Å². The SMILES string of the molecule is Cc1nccc2c1nc(-c1cnc3oc4c(C(C)C)cccc4c3c1)n2-c1ccccc1-c1ccccc1. The third-order valence-electron chi connectivity index (χ3n) is 7.25. The molecule has 4 aromatic heterocycles. The third-order valence-corrected chi connectivity index (χ3v) is 7.25. The number of pyridine rings is 2. The lowest BCUT2D eigenvalue weighted by Gasteiger charge is -2.15. The highest BCUT2D eigenvalue weighted by atomic mass is 16.3. The van der Waals surface area contributed by atoms with Gasteiger partial charge in [0.05, 0.1) is 16.9 Å². The summed E-state index contributed by atoms with van der Waals surface area (Å²) in [5, 5.41) is 2.07. The highest BCUT2D eigenvalue weighted by Gasteiger charge is 2.21. The van der Waals surface area contributed by atoms with E-state index in [4.69, 9.17) is 14.4 Å². The van der Waals surface area contributed by atoms with Gasteiger partial charge in [-0.2, -0.15) is 0 Å². The van der Waals surface area contributed by atoms with Crippen LogP contribution < -0.4 is 0 Å². The third kappa shape index (κ3) is 3.43. The number of aromatic nitrogens is 4. The molecule has 0 fully saturated rings. The number of hydrogen-bond donors (Lipinski definition) is 0. The molecule has 7 rings (SSSR count). The standard InChI is InChI=1S/C33H26N4O/c1-20(2)24-13-9-14-26-27-18-23(19-35-33(27)38-31(24)26)32-36-30-21(3)34-17-16-29(30)37(32)28-15-8-7-12-25(28)22-10-5-4-6-11-22/h4-20H,1-3H3. The Hall–Kier alpha value is -4.77. The van der Waals surface area contributed by atoms with Crippen LogP contribution in [0, 0.1) is 6.92 Å². The van der Waals surface area contributed by atoms with E-state index in [2.05, 4.69) is 96.2 Å². The van der Waals surface area contributed by atoms with Crippen molar-refractivity contribution in [2.75, 3.05) is 0 Å². The van der Waals surface area contributed by atoms with Gasteiger partial charge in [0.15, 0.2) is 0 Å². The predicted octanol–water partition coefficient (Wildman–Crippen LogP) is 8.48. The minimum absolute atomic E-state index is 0.355. The van der Waals surface area contributed by atoms with Crippen molar-refractivity contribution < 1.29 is 4.42 Å². The van der Waals surface area contributed by atoms with Crippen LogP contribution in [0.2, 0.25) is 0 Å². The molecular weight excluding hydrogens is 468 g/mol. The molecule has 5 heteroatoms. The average Bonchev–Trinajstić information content (AvgIpc) is 3.52. The summed E-state index contributed by atoms with van der Waals surface area (Å²) in [6.07, 6.45) is 3.72. The van der Waals surface area contributed by atoms with Crippen molar-refractivity contribution in [2.45, 2.75) is 26.7 Å². The first-order valence-electron chi connectivity index (χ1n) is 12.9. The van der Waals surface area contributed by atoms with Gasteiger partial charge in [0.25, 0.3) is 0 Å². The molecule has 0 aliphatic rings. The largest absolute Gasteiger partial charge is 0.437 e. The van der Waals surface area contributed by atoms with E-state index < -0.39 is 0 Å². The van der Waals surface area contributed by atoms with Gasteiger partial charge in [-0.25, -0.2) is 9.97 Å². The van der Waals surface area contributed by atoms with Crippen LogP contribution in [0.1, 0.15) is 31.0 Å². The lowest BCUT2D eigenvalue weighted by atomic mass is 10.0. The molecule has 0 atom stereocenters. The zero-order valence-corrected chi connectivity index (χ0v) is 21.5. The number of rotatable bonds is 4. The molecule has 38 heavy (non-hydrogen) atoms. The summed E-state index contributed by atoms with van der Waals surface area (Å²) in [7, 11) is 0. The Morgan fingerprint density at radius 2 is 1.61 bits per heavy atom. The quantitative estimate of drug-likeness (QED) is 0.246. The molecule has 3 aromatic carbocycles. The van der Waals surface area contributed by atoms with Gasteiger partial charge >= 0.3 is 0 Å². The van der Waals surface area contributed by atoms with Gasteiger partial charge in [-0.15, -0.1) is 0 Å². The molecule has 184 valence electrons. The molecule has 0 amide bonds. The van der Waals surface area contributed by atoms with E-state index in [1.54, 1.807) is 0 Å². The second kappa shape index (κ2) is 8.67. The van der Waals surface area contributed by atoms with E-state index in [0.717, 1.165) is 61.3 Å². The molecule has 0 aliphatic heterocycles. The molecule has 4 heterocycles. The van der Waals surface area contributed by atoms with Gasteiger partial charge in [0, 0.05) is 34.3 Å². The number of benzene rings is 3. The highest BCUT2D eigenvalue weighted by molar-refractivity contribution is 6.06. The molecule has 0 saturated carbocycles. The zero-order chi connectivity index (χ0) is 25.8. The van der Waals surface area contributed by atoms with E-state index >= 15 is 0 Å². The molecule has 0 unspecified atom stereocenters. The summed E-state index contributed by atoms with van der Waals surface area (Å²) in [6, 6.07) is 29.5. The topological polar surface area (TPSA) is 56.7 Å². The summed E-state index contributed by atoms with van der Waals surface area (Å²) in [5.41, 5.74) is 9.78. The molecular formula is C33H26N4O. The maximum absolute atomic E-state index is 6.26. The Labute approximate surface area is 220 Å². The summed E-state index contributed by atoms with van der Waals surface area (Å²) < 4.78 is 8.49. The number of hydrogen-bond acceptors (Lipinski definition) is 4. The van der Waals surface area contributed by atoms with E-state index in [1.165, 1.54) is 5.56 Å². The smallest absolute Gasteiger partial charge is 0.227 e. The van der Waals surface area contributed by atoms with Crippen LogP contribution in [0.4, 0.5) is 0 Å². The van der Waals surface area contributed by atoms with E-state index in [-0.39, 0.29) is 0 Å². The van der Waals surface area contributed by atoms with Crippen LogP contribution in [0.5, 0.6) is 0 Å². The maximum Gasteiger partial charge on any atom is 0.227 e. The Morgan fingerprint density at radius 3 is 2.45 bits per heavy atom. The average molecular weight is 495 g/mol. The summed E-state index contributed by atoms with van der Waals surface area (Å²) >= 11 is 0. The fraction of sp³-hybridized carbons (Fsp3) is 0.121. The van der Waals surface area contributed by atoms with Crippen molar-refractivity contribution in [1.82, 2.24) is 19.5 Å². The van der Waals surface area contributed by atoms with E-state index in [1.807, 2.05) is 31.5 Å². The first-order chi connectivity index (χ1) is 18.6. The second-order valence-corrected chi connectivity index (χ2v) is 9.98. The normalized spacial score (nSPS) is 11.8. The number of fused-ring (bicyclic) bond motifs is 4. The Balaban J connectivity index is 1.53. The van der Waals surface area contributed by atoms with Crippen molar-refractivity contribution in [3.05, 3.63) is 109 Å². The minimum atomic E-state index is 0.355. The van der Waals surface area contributed by atoms with Gasteiger partial charge in [0.1, 0.15) is 16.9 Å². The van der Waals surface area contributed by atoms with Crippen LogP contribution in [-0.4, -0.2) is 19.5 Å². The number of aryl methyl sites for hydroxylation is 1. The molecule has 0 aliphatic carbocycles. The predicted molar refractivity (Wildman–Crippen MR) is 154 cm³/mol. The fourth-order valence-electron chi connectivity index (χ4n) is 5.38. The molecule has 0 saturated heterocycles. The molecule has 0 bridgehead atoms. The maximum atomic E-state index is 6.26. The molecule has 7 aromatic rings. The molecule has 0 spiro atoms. The van der Waals surface area contributed by atoms with Gasteiger partial charge in [0.2, 0.25) is 5.71 Å².